The van der Waals surface area contributed by atoms with Crippen LogP contribution in [0.4, 0.5) is 5.69 Å². The van der Waals surface area contributed by atoms with Crippen LogP contribution in [0, 0.1) is 17.8 Å². The third-order valence-electron chi connectivity index (χ3n) is 8.27. The van der Waals surface area contributed by atoms with Crippen LogP contribution in [0.5, 0.6) is 5.75 Å². The third-order valence-corrected chi connectivity index (χ3v) is 8.27. The fraction of sp³-hybridized carbons (Fsp3) is 0.654. The zero-order valence-corrected chi connectivity index (χ0v) is 21.2. The summed E-state index contributed by atoms with van der Waals surface area (Å²) in [6.45, 7) is 7.97. The largest absolute Gasteiger partial charge is 0.497 e. The Hall–Kier alpha value is -2.65. The van der Waals surface area contributed by atoms with E-state index in [9.17, 15) is 19.5 Å². The van der Waals surface area contributed by atoms with Crippen molar-refractivity contribution in [2.45, 2.75) is 70.2 Å². The molecule has 9 heteroatoms. The molecule has 1 spiro atoms. The highest BCUT2D eigenvalue weighted by atomic mass is 16.5. The molecule has 3 aliphatic rings. The van der Waals surface area contributed by atoms with Gasteiger partial charge in [0.1, 0.15) is 17.4 Å². The first-order valence-electron chi connectivity index (χ1n) is 12.5. The van der Waals surface area contributed by atoms with Gasteiger partial charge < -0.3 is 30.1 Å². The molecule has 3 fully saturated rings. The molecule has 7 atom stereocenters. The van der Waals surface area contributed by atoms with E-state index in [1.807, 2.05) is 27.7 Å². The molecular weight excluding hydrogens is 450 g/mol. The molecule has 9 nitrogen and oxygen atoms in total. The van der Waals surface area contributed by atoms with E-state index in [2.05, 4.69) is 10.6 Å². The van der Waals surface area contributed by atoms with Crippen LogP contribution >= 0.6 is 0 Å². The maximum atomic E-state index is 14.0. The van der Waals surface area contributed by atoms with E-state index < -0.39 is 35.1 Å². The summed E-state index contributed by atoms with van der Waals surface area (Å²) in [5.41, 5.74) is -1.44. The minimum absolute atomic E-state index is 0.0330. The molecule has 3 saturated heterocycles. The van der Waals surface area contributed by atoms with E-state index in [0.29, 0.717) is 30.8 Å². The molecule has 0 aliphatic carbocycles. The van der Waals surface area contributed by atoms with Gasteiger partial charge in [-0.05, 0) is 56.4 Å². The Bertz CT molecular complexity index is 980. The lowest BCUT2D eigenvalue weighted by atomic mass is 9.62. The Balaban J connectivity index is 1.75. The summed E-state index contributed by atoms with van der Waals surface area (Å²) in [7, 11) is 1.57. The van der Waals surface area contributed by atoms with Crippen molar-refractivity contribution in [3.63, 3.8) is 0 Å². The Morgan fingerprint density at radius 2 is 1.94 bits per heavy atom. The van der Waals surface area contributed by atoms with Gasteiger partial charge in [-0.3, -0.25) is 14.4 Å². The number of carbonyl (C=O) groups is 3. The summed E-state index contributed by atoms with van der Waals surface area (Å²) in [6, 6.07) is 5.42. The minimum atomic E-state index is -1.14. The molecule has 0 radical (unpaired) electrons. The van der Waals surface area contributed by atoms with Crippen LogP contribution in [0.15, 0.2) is 24.3 Å². The zero-order valence-electron chi connectivity index (χ0n) is 21.2. The van der Waals surface area contributed by atoms with Crippen molar-refractivity contribution in [3.05, 3.63) is 24.3 Å². The summed E-state index contributed by atoms with van der Waals surface area (Å²) in [5, 5.41) is 16.0. The number of ether oxygens (including phenoxy) is 2. The summed E-state index contributed by atoms with van der Waals surface area (Å²) in [6.07, 6.45) is 1.73. The molecule has 2 bridgehead atoms. The summed E-state index contributed by atoms with van der Waals surface area (Å²) >= 11 is 0. The number of nitrogens with one attached hydrogen (secondary N) is 2. The molecule has 4 rings (SSSR count). The highest BCUT2D eigenvalue weighted by Gasteiger charge is 2.80. The number of amides is 3. The molecule has 3 heterocycles. The average molecular weight is 488 g/mol. The highest BCUT2D eigenvalue weighted by Crippen LogP contribution is 2.65. The second-order valence-electron chi connectivity index (χ2n) is 10.2. The average Bonchev–Trinajstić information content (AvgIpc) is 3.36. The third kappa shape index (κ3) is 3.80. The van der Waals surface area contributed by atoms with E-state index in [0.717, 1.165) is 6.42 Å². The number of aliphatic hydroxyl groups excluding tert-OH is 1. The predicted molar refractivity (Wildman–Crippen MR) is 130 cm³/mol. The molecule has 3 aliphatic heterocycles. The van der Waals surface area contributed by atoms with Gasteiger partial charge in [0, 0.05) is 12.2 Å². The van der Waals surface area contributed by atoms with Crippen LogP contribution < -0.4 is 15.4 Å². The molecule has 3 amide bonds. The van der Waals surface area contributed by atoms with Gasteiger partial charge in [-0.2, -0.15) is 0 Å². The zero-order chi connectivity index (χ0) is 25.5. The molecule has 0 saturated carbocycles. The van der Waals surface area contributed by atoms with Gasteiger partial charge in [0.05, 0.1) is 37.2 Å². The highest BCUT2D eigenvalue weighted by molar-refractivity contribution is 6.04. The predicted octanol–water partition coefficient (Wildman–Crippen LogP) is 1.94. The lowest BCUT2D eigenvalue weighted by molar-refractivity contribution is -0.149. The number of hydrogen-bond donors (Lipinski definition) is 3. The van der Waals surface area contributed by atoms with Crippen LogP contribution in [-0.4, -0.2) is 71.3 Å². The second-order valence-corrected chi connectivity index (χ2v) is 10.2. The van der Waals surface area contributed by atoms with Gasteiger partial charge in [-0.1, -0.05) is 20.8 Å². The first-order chi connectivity index (χ1) is 16.7. The number of fused-ring (bicyclic) bond motifs is 1. The number of methoxy groups -OCH3 is 1. The SMILES string of the molecule is CCCNC(=O)[C@H]1[C@H]2C(=O)N([C@@H](CC)CO)C(C(=O)Nc3ccc(OC)cc3)C23CC(C)[C@]1(C)O3. The van der Waals surface area contributed by atoms with Gasteiger partial charge >= 0.3 is 0 Å². The number of anilines is 1. The number of aliphatic hydroxyl groups is 1. The van der Waals surface area contributed by atoms with Crippen LogP contribution in [0.1, 0.15) is 47.0 Å². The van der Waals surface area contributed by atoms with Crippen LogP contribution in [0.3, 0.4) is 0 Å². The van der Waals surface area contributed by atoms with Crippen molar-refractivity contribution in [2.24, 2.45) is 17.8 Å². The van der Waals surface area contributed by atoms with E-state index in [1.165, 1.54) is 4.90 Å². The monoisotopic (exact) mass is 487 g/mol. The Kier molecular flexibility index (Phi) is 6.85. The van der Waals surface area contributed by atoms with E-state index >= 15 is 0 Å². The molecule has 0 aromatic heterocycles. The van der Waals surface area contributed by atoms with Crippen molar-refractivity contribution in [3.8, 4) is 5.75 Å². The number of hydrogen-bond acceptors (Lipinski definition) is 6. The number of benzene rings is 1. The van der Waals surface area contributed by atoms with E-state index in [1.54, 1.807) is 31.4 Å². The molecule has 192 valence electrons. The topological polar surface area (TPSA) is 117 Å². The first kappa shape index (κ1) is 25.4. The summed E-state index contributed by atoms with van der Waals surface area (Å²) in [4.78, 5) is 42.7. The van der Waals surface area contributed by atoms with Gasteiger partial charge in [0.25, 0.3) is 0 Å². The van der Waals surface area contributed by atoms with Gasteiger partial charge in [-0.25, -0.2) is 0 Å². The molecule has 1 aromatic rings. The summed E-state index contributed by atoms with van der Waals surface area (Å²) in [5.74, 6) is -1.76. The van der Waals surface area contributed by atoms with Crippen molar-refractivity contribution in [1.29, 1.82) is 0 Å². The molecule has 3 unspecified atom stereocenters. The van der Waals surface area contributed by atoms with Gasteiger partial charge in [-0.15, -0.1) is 0 Å². The Morgan fingerprint density at radius 1 is 1.26 bits per heavy atom. The molecule has 3 N–H and O–H groups in total. The van der Waals surface area contributed by atoms with Crippen molar-refractivity contribution >= 4 is 23.4 Å². The van der Waals surface area contributed by atoms with Crippen LogP contribution in [0.2, 0.25) is 0 Å². The maximum Gasteiger partial charge on any atom is 0.250 e. The van der Waals surface area contributed by atoms with Crippen molar-refractivity contribution < 1.29 is 29.0 Å². The van der Waals surface area contributed by atoms with Crippen molar-refractivity contribution in [1.82, 2.24) is 10.2 Å². The minimum Gasteiger partial charge on any atom is -0.497 e. The summed E-state index contributed by atoms with van der Waals surface area (Å²) < 4.78 is 11.9. The quantitative estimate of drug-likeness (QED) is 0.490. The fourth-order valence-electron chi connectivity index (χ4n) is 6.43. The number of nitrogens with zero attached hydrogens (tertiary/aromatic N) is 1. The maximum absolute atomic E-state index is 14.0. The lowest BCUT2D eigenvalue weighted by Crippen LogP contribution is -2.56. The Morgan fingerprint density at radius 3 is 2.51 bits per heavy atom. The molecule has 1 aromatic carbocycles. The van der Waals surface area contributed by atoms with E-state index in [-0.39, 0.29) is 30.2 Å². The smallest absolute Gasteiger partial charge is 0.250 e. The molecule has 35 heavy (non-hydrogen) atoms. The first-order valence-corrected chi connectivity index (χ1v) is 12.5. The second kappa shape index (κ2) is 9.43. The van der Waals surface area contributed by atoms with Gasteiger partial charge in [0.15, 0.2) is 0 Å². The van der Waals surface area contributed by atoms with Crippen LogP contribution in [0.25, 0.3) is 0 Å². The number of rotatable bonds is 9. The normalized spacial score (nSPS) is 34.0. The number of carbonyl (C=O) groups excluding carboxylic acids is 3. The molecular formula is C26H37N3O6. The number of likely N-dealkylation sites (tertiary alicyclic amines) is 1. The van der Waals surface area contributed by atoms with Crippen molar-refractivity contribution in [2.75, 3.05) is 25.6 Å². The fourth-order valence-corrected chi connectivity index (χ4v) is 6.43. The van der Waals surface area contributed by atoms with Gasteiger partial charge in [0.2, 0.25) is 17.7 Å². The standard InChI is InChI=1S/C26H37N3O6/c1-6-12-27-22(31)19-20-24(33)29(17(7-2)14-30)21(26(20)13-15(3)25(19,4)35-26)23(32)28-16-8-10-18(34-5)11-9-16/h8-11,15,17,19-21,30H,6-7,12-14H2,1-5H3,(H,27,31)(H,28,32)/t15?,17-,19+,20-,21?,25-,26?/m0/s1. The van der Waals surface area contributed by atoms with E-state index in [4.69, 9.17) is 9.47 Å². The lowest BCUT2D eigenvalue weighted by Gasteiger charge is -2.36. The van der Waals surface area contributed by atoms with Crippen LogP contribution in [-0.2, 0) is 19.1 Å². The Labute approximate surface area is 206 Å².